The molecule has 2 atom stereocenters. The summed E-state index contributed by atoms with van der Waals surface area (Å²) in [6.07, 6.45) is 8.19. The van der Waals surface area contributed by atoms with E-state index in [0.29, 0.717) is 11.3 Å². The Bertz CT molecular complexity index is 249. The minimum absolute atomic E-state index is 0.307. The van der Waals surface area contributed by atoms with Gasteiger partial charge in [0.05, 0.1) is 0 Å². The van der Waals surface area contributed by atoms with Crippen molar-refractivity contribution in [3.8, 4) is 0 Å². The second-order valence-corrected chi connectivity index (χ2v) is 5.36. The number of hydrogen-bond donors (Lipinski definition) is 1. The number of hydrogen-bond acceptors (Lipinski definition) is 2. The number of allylic oxidation sites excluding steroid dienone is 3. The first-order valence-electron chi connectivity index (χ1n) is 6.01. The first-order valence-corrected chi connectivity index (χ1v) is 7.05. The normalized spacial score (nSPS) is 26.5. The van der Waals surface area contributed by atoms with Crippen LogP contribution in [-0.4, -0.2) is 17.0 Å². The van der Waals surface area contributed by atoms with Gasteiger partial charge < -0.3 is 5.73 Å². The van der Waals surface area contributed by atoms with Gasteiger partial charge in [-0.2, -0.15) is 11.8 Å². The van der Waals surface area contributed by atoms with E-state index in [2.05, 4.69) is 19.1 Å². The predicted molar refractivity (Wildman–Crippen MR) is 71.3 cm³/mol. The highest BCUT2D eigenvalue weighted by Crippen LogP contribution is 2.33. The van der Waals surface area contributed by atoms with Crippen molar-refractivity contribution < 1.29 is 0 Å². The standard InChI is InChI=1S/C11H17NS.C2H6/c1-8-4-5-9(7-8)11(12)10-3-2-6-13-10;1-2/h4-5,10-11H,2-3,6-7,12H2,1H3;1-2H3. The molecule has 2 unspecified atom stereocenters. The molecule has 0 aromatic heterocycles. The summed E-state index contributed by atoms with van der Waals surface area (Å²) in [5, 5.41) is 0.686. The Kier molecular flexibility index (Phi) is 5.48. The molecule has 2 heteroatoms. The number of rotatable bonds is 2. The van der Waals surface area contributed by atoms with E-state index in [1.54, 1.807) is 0 Å². The van der Waals surface area contributed by atoms with E-state index in [-0.39, 0.29) is 0 Å². The molecule has 1 aliphatic heterocycles. The van der Waals surface area contributed by atoms with Crippen molar-refractivity contribution in [2.45, 2.75) is 51.3 Å². The minimum atomic E-state index is 0.307. The maximum Gasteiger partial charge on any atom is 0.0380 e. The maximum atomic E-state index is 6.22. The van der Waals surface area contributed by atoms with Crippen molar-refractivity contribution in [3.05, 3.63) is 23.3 Å². The van der Waals surface area contributed by atoms with Crippen LogP contribution in [0, 0.1) is 0 Å². The molecule has 0 aromatic carbocycles. The Morgan fingerprint density at radius 1 is 1.40 bits per heavy atom. The Labute approximate surface area is 98.2 Å². The third-order valence-electron chi connectivity index (χ3n) is 2.86. The first kappa shape index (κ1) is 12.9. The summed E-state index contributed by atoms with van der Waals surface area (Å²) in [6.45, 7) is 6.18. The first-order chi connectivity index (χ1) is 7.27. The number of thioether (sulfide) groups is 1. The second-order valence-electron chi connectivity index (χ2n) is 4.01. The summed E-state index contributed by atoms with van der Waals surface area (Å²) in [5.41, 5.74) is 9.12. The Morgan fingerprint density at radius 3 is 2.60 bits per heavy atom. The molecule has 0 radical (unpaired) electrons. The molecule has 0 saturated carbocycles. The van der Waals surface area contributed by atoms with Crippen LogP contribution in [0.3, 0.4) is 0 Å². The average molecular weight is 225 g/mol. The average Bonchev–Trinajstić information content (AvgIpc) is 2.90. The number of nitrogens with two attached hydrogens (primary N) is 1. The highest BCUT2D eigenvalue weighted by molar-refractivity contribution is 8.00. The van der Waals surface area contributed by atoms with E-state index in [0.717, 1.165) is 6.42 Å². The van der Waals surface area contributed by atoms with Gasteiger partial charge in [-0.15, -0.1) is 0 Å². The summed E-state index contributed by atoms with van der Waals surface area (Å²) in [7, 11) is 0. The molecule has 1 nitrogen and oxygen atoms in total. The smallest absolute Gasteiger partial charge is 0.0380 e. The van der Waals surface area contributed by atoms with Crippen molar-refractivity contribution in [1.82, 2.24) is 0 Å². The Morgan fingerprint density at radius 2 is 2.13 bits per heavy atom. The molecule has 1 fully saturated rings. The fourth-order valence-electron chi connectivity index (χ4n) is 2.04. The lowest BCUT2D eigenvalue weighted by atomic mass is 10.00. The zero-order valence-electron chi connectivity index (χ0n) is 10.1. The molecule has 86 valence electrons. The van der Waals surface area contributed by atoms with E-state index >= 15 is 0 Å². The van der Waals surface area contributed by atoms with E-state index in [4.69, 9.17) is 5.73 Å². The zero-order valence-corrected chi connectivity index (χ0v) is 10.9. The Hall–Kier alpha value is -0.210. The summed E-state index contributed by atoms with van der Waals surface area (Å²) in [5.74, 6) is 1.30. The quantitative estimate of drug-likeness (QED) is 0.778. The van der Waals surface area contributed by atoms with Crippen molar-refractivity contribution in [1.29, 1.82) is 0 Å². The molecular weight excluding hydrogens is 202 g/mol. The maximum absolute atomic E-state index is 6.22. The van der Waals surface area contributed by atoms with Crippen LogP contribution in [0.15, 0.2) is 23.3 Å². The molecular formula is C13H23NS. The van der Waals surface area contributed by atoms with E-state index < -0.39 is 0 Å². The van der Waals surface area contributed by atoms with Gasteiger partial charge in [-0.25, -0.2) is 0 Å². The van der Waals surface area contributed by atoms with Crippen molar-refractivity contribution in [2.24, 2.45) is 5.73 Å². The van der Waals surface area contributed by atoms with Gasteiger partial charge in [0.1, 0.15) is 0 Å². The molecule has 0 amide bonds. The largest absolute Gasteiger partial charge is 0.323 e. The van der Waals surface area contributed by atoms with E-state index in [9.17, 15) is 0 Å². The zero-order chi connectivity index (χ0) is 11.3. The SMILES string of the molecule is CC.CC1=CC=C(C(N)C2CCCS2)C1. The van der Waals surface area contributed by atoms with Crippen molar-refractivity contribution >= 4 is 11.8 Å². The van der Waals surface area contributed by atoms with Crippen LogP contribution in [0.5, 0.6) is 0 Å². The van der Waals surface area contributed by atoms with E-state index in [1.807, 2.05) is 25.6 Å². The molecule has 0 aromatic rings. The van der Waals surface area contributed by atoms with Gasteiger partial charge in [-0.05, 0) is 37.5 Å². The highest BCUT2D eigenvalue weighted by atomic mass is 32.2. The Balaban J connectivity index is 0.000000531. The summed E-state index contributed by atoms with van der Waals surface area (Å²) in [4.78, 5) is 0. The van der Waals surface area contributed by atoms with Crippen LogP contribution in [0.1, 0.15) is 40.0 Å². The molecule has 1 heterocycles. The van der Waals surface area contributed by atoms with Gasteiger partial charge >= 0.3 is 0 Å². The van der Waals surface area contributed by atoms with Crippen LogP contribution >= 0.6 is 11.8 Å². The van der Waals surface area contributed by atoms with E-state index in [1.165, 1.54) is 29.7 Å². The summed E-state index contributed by atoms with van der Waals surface area (Å²) >= 11 is 2.05. The van der Waals surface area contributed by atoms with Crippen molar-refractivity contribution in [3.63, 3.8) is 0 Å². The topological polar surface area (TPSA) is 26.0 Å². The fraction of sp³-hybridized carbons (Fsp3) is 0.692. The van der Waals surface area contributed by atoms with Crippen molar-refractivity contribution in [2.75, 3.05) is 5.75 Å². The molecule has 2 N–H and O–H groups in total. The third kappa shape index (κ3) is 3.39. The van der Waals surface area contributed by atoms with Gasteiger partial charge in [0.15, 0.2) is 0 Å². The molecule has 0 spiro atoms. The third-order valence-corrected chi connectivity index (χ3v) is 4.34. The van der Waals surface area contributed by atoms with Gasteiger partial charge in [-0.1, -0.05) is 31.6 Å². The molecule has 2 rings (SSSR count). The lowest BCUT2D eigenvalue weighted by Crippen LogP contribution is -2.32. The summed E-state index contributed by atoms with van der Waals surface area (Å²) < 4.78 is 0. The van der Waals surface area contributed by atoms with Crippen LogP contribution in [0.25, 0.3) is 0 Å². The monoisotopic (exact) mass is 225 g/mol. The van der Waals surface area contributed by atoms with Crippen LogP contribution in [0.4, 0.5) is 0 Å². The predicted octanol–water partition coefficient (Wildman–Crippen LogP) is 3.51. The molecule has 1 saturated heterocycles. The van der Waals surface area contributed by atoms with Gasteiger partial charge in [0, 0.05) is 11.3 Å². The van der Waals surface area contributed by atoms with Crippen LogP contribution < -0.4 is 5.73 Å². The molecule has 2 aliphatic rings. The molecule has 15 heavy (non-hydrogen) atoms. The molecule has 0 bridgehead atoms. The molecule has 1 aliphatic carbocycles. The van der Waals surface area contributed by atoms with Crippen LogP contribution in [-0.2, 0) is 0 Å². The minimum Gasteiger partial charge on any atom is -0.323 e. The fourth-order valence-corrected chi connectivity index (χ4v) is 3.39. The lowest BCUT2D eigenvalue weighted by molar-refractivity contribution is 0.668. The van der Waals surface area contributed by atoms with Gasteiger partial charge in [-0.3, -0.25) is 0 Å². The lowest BCUT2D eigenvalue weighted by Gasteiger charge is -2.19. The second kappa shape index (κ2) is 6.39. The highest BCUT2D eigenvalue weighted by Gasteiger charge is 2.26. The van der Waals surface area contributed by atoms with Crippen LogP contribution in [0.2, 0.25) is 0 Å². The van der Waals surface area contributed by atoms with Gasteiger partial charge in [0.2, 0.25) is 0 Å². The summed E-state index contributed by atoms with van der Waals surface area (Å²) in [6, 6.07) is 0.307. The van der Waals surface area contributed by atoms with Gasteiger partial charge in [0.25, 0.3) is 0 Å².